The number of carbonyl (C=O) groups is 1. The smallest absolute Gasteiger partial charge is 0.229 e. The highest BCUT2D eigenvalue weighted by Gasteiger charge is 2.25. The van der Waals surface area contributed by atoms with Crippen LogP contribution in [0.2, 0.25) is 0 Å². The Labute approximate surface area is 183 Å². The molecule has 2 aromatic rings. The SMILES string of the molecule is Cl.Cn1nc(C2CCNCC2)nc1NC(=O)CC1CN(Cc2ccccc2)CCO1. The zero-order chi connectivity index (χ0) is 20.1. The van der Waals surface area contributed by atoms with Crippen molar-refractivity contribution in [3.05, 3.63) is 41.7 Å². The van der Waals surface area contributed by atoms with Crippen LogP contribution in [-0.2, 0) is 23.1 Å². The van der Waals surface area contributed by atoms with E-state index >= 15 is 0 Å². The summed E-state index contributed by atoms with van der Waals surface area (Å²) in [5.41, 5.74) is 1.28. The molecule has 0 radical (unpaired) electrons. The number of benzene rings is 1. The second-order valence-electron chi connectivity index (χ2n) is 7.91. The maximum absolute atomic E-state index is 12.6. The van der Waals surface area contributed by atoms with Gasteiger partial charge in [-0.1, -0.05) is 30.3 Å². The number of aryl methyl sites for hydroxylation is 1. The quantitative estimate of drug-likeness (QED) is 0.722. The lowest BCUT2D eigenvalue weighted by atomic mass is 9.98. The van der Waals surface area contributed by atoms with E-state index in [1.807, 2.05) is 13.1 Å². The van der Waals surface area contributed by atoms with E-state index in [0.29, 0.717) is 24.9 Å². The minimum absolute atomic E-state index is 0. The van der Waals surface area contributed by atoms with Gasteiger partial charge in [-0.2, -0.15) is 10.1 Å². The van der Waals surface area contributed by atoms with Crippen LogP contribution >= 0.6 is 12.4 Å². The van der Waals surface area contributed by atoms with Crippen molar-refractivity contribution in [2.24, 2.45) is 7.05 Å². The first-order valence-electron chi connectivity index (χ1n) is 10.5. The van der Waals surface area contributed by atoms with Gasteiger partial charge in [0.1, 0.15) is 0 Å². The molecule has 1 atom stereocenters. The topological polar surface area (TPSA) is 84.3 Å². The standard InChI is InChI=1S/C21H30N6O2.ClH/c1-26-21(24-20(25-26)17-7-9-22-10-8-17)23-19(28)13-18-15-27(11-12-29-18)14-16-5-3-2-4-6-16;/h2-6,17-18,22H,7-15H2,1H3,(H,23,24,25,28);1H. The molecule has 1 aromatic carbocycles. The molecule has 3 heterocycles. The molecule has 30 heavy (non-hydrogen) atoms. The molecular weight excluding hydrogens is 404 g/mol. The van der Waals surface area contributed by atoms with Crippen LogP contribution in [0, 0.1) is 0 Å². The second-order valence-corrected chi connectivity index (χ2v) is 7.91. The summed E-state index contributed by atoms with van der Waals surface area (Å²) in [4.78, 5) is 19.5. The number of halogens is 1. The van der Waals surface area contributed by atoms with Crippen LogP contribution in [0.1, 0.15) is 36.6 Å². The Kier molecular flexibility index (Phi) is 8.21. The molecule has 9 heteroatoms. The summed E-state index contributed by atoms with van der Waals surface area (Å²) in [5.74, 6) is 1.62. The number of rotatable bonds is 6. The van der Waals surface area contributed by atoms with E-state index < -0.39 is 0 Å². The summed E-state index contributed by atoms with van der Waals surface area (Å²) >= 11 is 0. The van der Waals surface area contributed by atoms with Gasteiger partial charge in [0.15, 0.2) is 5.82 Å². The Morgan fingerprint density at radius 2 is 2.03 bits per heavy atom. The highest BCUT2D eigenvalue weighted by atomic mass is 35.5. The zero-order valence-corrected chi connectivity index (χ0v) is 18.2. The van der Waals surface area contributed by atoms with Gasteiger partial charge in [0, 0.05) is 32.6 Å². The highest BCUT2D eigenvalue weighted by Crippen LogP contribution is 2.23. The average molecular weight is 435 g/mol. The lowest BCUT2D eigenvalue weighted by Gasteiger charge is -2.32. The Hall–Kier alpha value is -2.00. The Balaban J connectivity index is 0.00000256. The highest BCUT2D eigenvalue weighted by molar-refractivity contribution is 5.89. The van der Waals surface area contributed by atoms with Crippen molar-refractivity contribution in [3.63, 3.8) is 0 Å². The predicted molar refractivity (Wildman–Crippen MR) is 118 cm³/mol. The van der Waals surface area contributed by atoms with Crippen molar-refractivity contribution in [1.82, 2.24) is 25.0 Å². The maximum Gasteiger partial charge on any atom is 0.229 e. The third-order valence-electron chi connectivity index (χ3n) is 5.62. The molecule has 2 saturated heterocycles. The molecule has 0 bridgehead atoms. The first-order chi connectivity index (χ1) is 14.2. The van der Waals surface area contributed by atoms with Gasteiger partial charge in [-0.05, 0) is 31.5 Å². The molecular formula is C21H31ClN6O2. The fourth-order valence-corrected chi connectivity index (χ4v) is 4.04. The Morgan fingerprint density at radius 3 is 2.80 bits per heavy atom. The zero-order valence-electron chi connectivity index (χ0n) is 17.4. The van der Waals surface area contributed by atoms with Gasteiger partial charge >= 0.3 is 0 Å². The molecule has 2 N–H and O–H groups in total. The summed E-state index contributed by atoms with van der Waals surface area (Å²) in [5, 5.41) is 10.8. The van der Waals surface area contributed by atoms with Gasteiger partial charge in [-0.25, -0.2) is 4.68 Å². The van der Waals surface area contributed by atoms with Crippen molar-refractivity contribution >= 4 is 24.3 Å². The molecule has 1 unspecified atom stereocenters. The van der Waals surface area contributed by atoms with Crippen LogP contribution in [0.4, 0.5) is 5.95 Å². The maximum atomic E-state index is 12.6. The molecule has 0 saturated carbocycles. The number of aromatic nitrogens is 3. The van der Waals surface area contributed by atoms with Crippen LogP contribution < -0.4 is 10.6 Å². The number of morpholine rings is 1. The fraction of sp³-hybridized carbons (Fsp3) is 0.571. The summed E-state index contributed by atoms with van der Waals surface area (Å²) in [6.45, 7) is 5.14. The number of piperidine rings is 1. The number of hydrogen-bond donors (Lipinski definition) is 2. The van der Waals surface area contributed by atoms with E-state index in [1.54, 1.807) is 4.68 Å². The van der Waals surface area contributed by atoms with Crippen LogP contribution in [0.3, 0.4) is 0 Å². The third-order valence-corrected chi connectivity index (χ3v) is 5.62. The Morgan fingerprint density at radius 1 is 1.27 bits per heavy atom. The number of ether oxygens (including phenoxy) is 1. The minimum Gasteiger partial charge on any atom is -0.375 e. The van der Waals surface area contributed by atoms with Gasteiger partial charge in [0.25, 0.3) is 0 Å². The van der Waals surface area contributed by atoms with E-state index in [2.05, 4.69) is 49.9 Å². The normalized spacial score (nSPS) is 20.5. The number of nitrogens with zero attached hydrogens (tertiary/aromatic N) is 4. The van der Waals surface area contributed by atoms with Crippen molar-refractivity contribution in [2.75, 3.05) is 38.1 Å². The first kappa shape index (κ1) is 22.7. The van der Waals surface area contributed by atoms with Crippen LogP contribution in [0.25, 0.3) is 0 Å². The van der Waals surface area contributed by atoms with E-state index in [4.69, 9.17) is 4.74 Å². The predicted octanol–water partition coefficient (Wildman–Crippen LogP) is 1.93. The monoisotopic (exact) mass is 434 g/mol. The van der Waals surface area contributed by atoms with Gasteiger partial charge in [0.2, 0.25) is 11.9 Å². The van der Waals surface area contributed by atoms with Gasteiger partial charge < -0.3 is 10.1 Å². The Bertz CT molecular complexity index is 809. The van der Waals surface area contributed by atoms with Crippen molar-refractivity contribution in [2.45, 2.75) is 37.8 Å². The van der Waals surface area contributed by atoms with Crippen molar-refractivity contribution < 1.29 is 9.53 Å². The molecule has 1 amide bonds. The molecule has 2 fully saturated rings. The van der Waals surface area contributed by atoms with Crippen LogP contribution in [0.15, 0.2) is 30.3 Å². The van der Waals surface area contributed by atoms with E-state index in [0.717, 1.165) is 51.4 Å². The van der Waals surface area contributed by atoms with E-state index in [9.17, 15) is 4.79 Å². The summed E-state index contributed by atoms with van der Waals surface area (Å²) < 4.78 is 7.50. The van der Waals surface area contributed by atoms with Crippen molar-refractivity contribution in [1.29, 1.82) is 0 Å². The molecule has 4 rings (SSSR count). The largest absolute Gasteiger partial charge is 0.375 e. The molecule has 164 valence electrons. The van der Waals surface area contributed by atoms with Gasteiger partial charge in [-0.15, -0.1) is 12.4 Å². The molecule has 0 spiro atoms. The number of carbonyl (C=O) groups excluding carboxylic acids is 1. The minimum atomic E-state index is -0.107. The summed E-state index contributed by atoms with van der Waals surface area (Å²) in [6.07, 6.45) is 2.28. The van der Waals surface area contributed by atoms with Crippen LogP contribution in [0.5, 0.6) is 0 Å². The lowest BCUT2D eigenvalue weighted by Crippen LogP contribution is -2.43. The van der Waals surface area contributed by atoms with Gasteiger partial charge in [0.05, 0.1) is 19.1 Å². The average Bonchev–Trinajstić information content (AvgIpc) is 3.10. The molecule has 8 nitrogen and oxygen atoms in total. The number of amides is 1. The van der Waals surface area contributed by atoms with E-state index in [-0.39, 0.29) is 24.4 Å². The second kappa shape index (κ2) is 10.9. The molecule has 1 aromatic heterocycles. The van der Waals surface area contributed by atoms with Gasteiger partial charge in [-0.3, -0.25) is 15.0 Å². The van der Waals surface area contributed by atoms with E-state index in [1.165, 1.54) is 5.56 Å². The summed E-state index contributed by atoms with van der Waals surface area (Å²) in [7, 11) is 1.83. The molecule has 2 aliphatic rings. The third kappa shape index (κ3) is 6.01. The molecule has 2 aliphatic heterocycles. The number of nitrogens with one attached hydrogen (secondary N) is 2. The summed E-state index contributed by atoms with van der Waals surface area (Å²) in [6, 6.07) is 10.4. The van der Waals surface area contributed by atoms with Crippen LogP contribution in [-0.4, -0.2) is 64.5 Å². The molecule has 0 aliphatic carbocycles. The fourth-order valence-electron chi connectivity index (χ4n) is 4.04. The first-order valence-corrected chi connectivity index (χ1v) is 10.5. The number of anilines is 1. The lowest BCUT2D eigenvalue weighted by molar-refractivity contribution is -0.121. The number of hydrogen-bond acceptors (Lipinski definition) is 6. The van der Waals surface area contributed by atoms with Crippen molar-refractivity contribution in [3.8, 4) is 0 Å².